The standard InChI is InChI=1S/C27H23NO5/c1-17-14-22(18(2)28(17)15-19-8-7-13-31-19)23(29)16-32-27(30)26-20-9-3-5-11-24(20)33-25-12-6-4-10-21(25)26/h3-14,26H,15-16H2,1-2H3. The fourth-order valence-corrected chi connectivity index (χ4v) is 4.35. The van der Waals surface area contributed by atoms with Crippen LogP contribution in [0.1, 0.15) is 44.6 Å². The average Bonchev–Trinajstić information content (AvgIpc) is 3.44. The van der Waals surface area contributed by atoms with Crippen molar-refractivity contribution in [3.8, 4) is 11.5 Å². The van der Waals surface area contributed by atoms with E-state index in [0.717, 1.165) is 28.3 Å². The van der Waals surface area contributed by atoms with Gasteiger partial charge in [0.2, 0.25) is 5.78 Å². The molecule has 6 nitrogen and oxygen atoms in total. The van der Waals surface area contributed by atoms with Crippen molar-refractivity contribution < 1.29 is 23.5 Å². The Bertz CT molecular complexity index is 1290. The molecule has 0 aliphatic carbocycles. The van der Waals surface area contributed by atoms with Crippen LogP contribution in [-0.4, -0.2) is 22.9 Å². The van der Waals surface area contributed by atoms with Crippen molar-refractivity contribution in [2.75, 3.05) is 6.61 Å². The van der Waals surface area contributed by atoms with Gasteiger partial charge in [-0.05, 0) is 44.2 Å². The van der Waals surface area contributed by atoms with Gasteiger partial charge in [0.05, 0.1) is 12.8 Å². The largest absolute Gasteiger partial charge is 0.467 e. The molecule has 2 aromatic heterocycles. The Morgan fingerprint density at radius 2 is 1.61 bits per heavy atom. The molecule has 2 aromatic carbocycles. The number of Topliss-reactive ketones (excluding diaryl/α,β-unsaturated/α-hetero) is 1. The van der Waals surface area contributed by atoms with Gasteiger partial charge in [-0.2, -0.15) is 0 Å². The third-order valence-corrected chi connectivity index (χ3v) is 6.03. The Morgan fingerprint density at radius 1 is 0.939 bits per heavy atom. The molecule has 1 aliphatic rings. The molecule has 6 heteroatoms. The number of ether oxygens (including phenoxy) is 2. The van der Waals surface area contributed by atoms with Gasteiger partial charge in [0.25, 0.3) is 0 Å². The quantitative estimate of drug-likeness (QED) is 0.296. The molecule has 0 bridgehead atoms. The SMILES string of the molecule is Cc1cc(C(=O)COC(=O)C2c3ccccc3Oc3ccccc32)c(C)n1Cc1ccco1. The molecule has 5 rings (SSSR count). The maximum absolute atomic E-state index is 13.2. The van der Waals surface area contributed by atoms with E-state index in [1.807, 2.05) is 85.1 Å². The van der Waals surface area contributed by atoms with Crippen LogP contribution in [0.5, 0.6) is 11.5 Å². The molecule has 0 saturated heterocycles. The summed E-state index contributed by atoms with van der Waals surface area (Å²) in [5.41, 5.74) is 3.74. The van der Waals surface area contributed by atoms with Gasteiger partial charge in [-0.3, -0.25) is 9.59 Å². The molecule has 0 fully saturated rings. The predicted molar refractivity (Wildman–Crippen MR) is 122 cm³/mol. The topological polar surface area (TPSA) is 70.7 Å². The first kappa shape index (κ1) is 20.8. The number of nitrogens with zero attached hydrogens (tertiary/aromatic N) is 1. The predicted octanol–water partition coefficient (Wildman–Crippen LogP) is 5.41. The number of ketones is 1. The number of furan rings is 1. The van der Waals surface area contributed by atoms with Crippen LogP contribution >= 0.6 is 0 Å². The van der Waals surface area contributed by atoms with E-state index in [1.165, 1.54) is 0 Å². The molecule has 0 saturated carbocycles. The molecule has 0 unspecified atom stereocenters. The molecule has 0 amide bonds. The molecule has 0 N–H and O–H groups in total. The van der Waals surface area contributed by atoms with E-state index in [-0.39, 0.29) is 12.4 Å². The van der Waals surface area contributed by atoms with E-state index in [2.05, 4.69) is 0 Å². The molecule has 3 heterocycles. The minimum Gasteiger partial charge on any atom is -0.467 e. The normalized spacial score (nSPS) is 12.5. The number of fused-ring (bicyclic) bond motifs is 2. The van der Waals surface area contributed by atoms with Crippen LogP contribution in [-0.2, 0) is 16.1 Å². The molecule has 33 heavy (non-hydrogen) atoms. The van der Waals surface area contributed by atoms with Crippen LogP contribution < -0.4 is 4.74 Å². The lowest BCUT2D eigenvalue weighted by molar-refractivity contribution is -0.143. The maximum Gasteiger partial charge on any atom is 0.318 e. The van der Waals surface area contributed by atoms with Gasteiger partial charge >= 0.3 is 5.97 Å². The minimum absolute atomic E-state index is 0.240. The van der Waals surface area contributed by atoms with Gasteiger partial charge in [0, 0.05) is 28.1 Å². The first-order chi connectivity index (χ1) is 16.0. The van der Waals surface area contributed by atoms with Gasteiger partial charge in [0.15, 0.2) is 6.61 Å². The summed E-state index contributed by atoms with van der Waals surface area (Å²) in [6.07, 6.45) is 1.63. The number of aryl methyl sites for hydroxylation is 1. The number of para-hydroxylation sites is 2. The summed E-state index contributed by atoms with van der Waals surface area (Å²) in [6.45, 7) is 4.03. The molecule has 4 aromatic rings. The molecule has 0 radical (unpaired) electrons. The van der Waals surface area contributed by atoms with Crippen molar-refractivity contribution in [2.45, 2.75) is 26.3 Å². The number of esters is 1. The fourth-order valence-electron chi connectivity index (χ4n) is 4.35. The number of carbonyl (C=O) groups excluding carboxylic acids is 2. The number of benzene rings is 2. The Balaban J connectivity index is 1.35. The zero-order valence-corrected chi connectivity index (χ0v) is 18.4. The highest BCUT2D eigenvalue weighted by molar-refractivity contribution is 5.99. The maximum atomic E-state index is 13.2. The second-order valence-electron chi connectivity index (χ2n) is 8.09. The first-order valence-corrected chi connectivity index (χ1v) is 10.8. The summed E-state index contributed by atoms with van der Waals surface area (Å²) >= 11 is 0. The summed E-state index contributed by atoms with van der Waals surface area (Å²) in [5, 5.41) is 0. The number of hydrogen-bond donors (Lipinski definition) is 0. The lowest BCUT2D eigenvalue weighted by Crippen LogP contribution is -2.23. The number of hydrogen-bond acceptors (Lipinski definition) is 5. The first-order valence-electron chi connectivity index (χ1n) is 10.8. The van der Waals surface area contributed by atoms with Gasteiger partial charge in [-0.15, -0.1) is 0 Å². The van der Waals surface area contributed by atoms with E-state index in [4.69, 9.17) is 13.9 Å². The van der Waals surface area contributed by atoms with E-state index in [9.17, 15) is 9.59 Å². The smallest absolute Gasteiger partial charge is 0.318 e. The fraction of sp³-hybridized carbons (Fsp3) is 0.185. The molecule has 0 atom stereocenters. The summed E-state index contributed by atoms with van der Waals surface area (Å²) in [6, 6.07) is 20.3. The summed E-state index contributed by atoms with van der Waals surface area (Å²) in [4.78, 5) is 26.2. The van der Waals surface area contributed by atoms with Crippen molar-refractivity contribution in [3.63, 3.8) is 0 Å². The summed E-state index contributed by atoms with van der Waals surface area (Å²) in [5.74, 6) is 0.674. The van der Waals surface area contributed by atoms with Crippen LogP contribution in [0.15, 0.2) is 77.4 Å². The van der Waals surface area contributed by atoms with Crippen molar-refractivity contribution in [1.82, 2.24) is 4.57 Å². The molecule has 0 spiro atoms. The number of aromatic nitrogens is 1. The van der Waals surface area contributed by atoms with Crippen molar-refractivity contribution in [2.24, 2.45) is 0 Å². The molecular weight excluding hydrogens is 418 g/mol. The van der Waals surface area contributed by atoms with Gasteiger partial charge in [0.1, 0.15) is 23.2 Å². The van der Waals surface area contributed by atoms with Crippen LogP contribution in [0, 0.1) is 13.8 Å². The third-order valence-electron chi connectivity index (χ3n) is 6.03. The zero-order valence-electron chi connectivity index (χ0n) is 18.4. The summed E-state index contributed by atoms with van der Waals surface area (Å²) in [7, 11) is 0. The average molecular weight is 441 g/mol. The van der Waals surface area contributed by atoms with Crippen molar-refractivity contribution in [1.29, 1.82) is 0 Å². The second kappa shape index (κ2) is 8.47. The Morgan fingerprint density at radius 3 is 2.24 bits per heavy atom. The Labute approximate surface area is 191 Å². The van der Waals surface area contributed by atoms with Crippen LogP contribution in [0.2, 0.25) is 0 Å². The van der Waals surface area contributed by atoms with E-state index >= 15 is 0 Å². The van der Waals surface area contributed by atoms with E-state index < -0.39 is 11.9 Å². The van der Waals surface area contributed by atoms with Gasteiger partial charge < -0.3 is 18.5 Å². The van der Waals surface area contributed by atoms with Crippen molar-refractivity contribution in [3.05, 3.63) is 107 Å². The summed E-state index contributed by atoms with van der Waals surface area (Å²) < 4.78 is 18.9. The highest BCUT2D eigenvalue weighted by atomic mass is 16.5. The highest BCUT2D eigenvalue weighted by Crippen LogP contribution is 2.44. The third kappa shape index (κ3) is 3.84. The van der Waals surface area contributed by atoms with Crippen LogP contribution in [0.25, 0.3) is 0 Å². The lowest BCUT2D eigenvalue weighted by atomic mass is 9.88. The molecular formula is C27H23NO5. The van der Waals surface area contributed by atoms with E-state index in [1.54, 1.807) is 6.26 Å². The van der Waals surface area contributed by atoms with E-state index in [0.29, 0.717) is 23.6 Å². The van der Waals surface area contributed by atoms with Gasteiger partial charge in [-0.25, -0.2) is 0 Å². The molecule has 1 aliphatic heterocycles. The number of rotatable bonds is 6. The van der Waals surface area contributed by atoms with Crippen molar-refractivity contribution >= 4 is 11.8 Å². The number of carbonyl (C=O) groups is 2. The Hall–Kier alpha value is -4.06. The highest BCUT2D eigenvalue weighted by Gasteiger charge is 2.34. The lowest BCUT2D eigenvalue weighted by Gasteiger charge is -2.26. The van der Waals surface area contributed by atoms with Crippen LogP contribution in [0.4, 0.5) is 0 Å². The molecule has 166 valence electrons. The Kier molecular flexibility index (Phi) is 5.34. The second-order valence-corrected chi connectivity index (χ2v) is 8.09. The van der Waals surface area contributed by atoms with Crippen LogP contribution in [0.3, 0.4) is 0 Å². The van der Waals surface area contributed by atoms with Gasteiger partial charge in [-0.1, -0.05) is 36.4 Å². The monoisotopic (exact) mass is 441 g/mol. The minimum atomic E-state index is -0.648. The zero-order chi connectivity index (χ0) is 22.9.